The second kappa shape index (κ2) is 9.24. The zero-order valence-electron chi connectivity index (χ0n) is 16.1. The molecular formula is C22H25NO4S. The largest absolute Gasteiger partial charge is 0.481 e. The van der Waals surface area contributed by atoms with Crippen LogP contribution < -0.4 is 0 Å². The standard InChI is InChI=1S/C22H25NO4S/c1-14-6-7-16(19(10-14)22(27)15-4-2-3-5-15)11-18(24)12-20-23-17(13-28-20)8-9-21(25)26/h6-7,10,13,15H,2-5,8-9,11-12H2,1H3,(H,25,26). The fraction of sp³-hybridized carbons (Fsp3) is 0.455. The normalized spacial score (nSPS) is 14.3. The molecule has 0 amide bonds. The molecule has 0 atom stereocenters. The van der Waals surface area contributed by atoms with Crippen LogP contribution in [-0.4, -0.2) is 27.6 Å². The molecule has 1 aromatic heterocycles. The number of hydrogen-bond donors (Lipinski definition) is 1. The summed E-state index contributed by atoms with van der Waals surface area (Å²) in [6.45, 7) is 1.96. The maximum absolute atomic E-state index is 12.9. The molecule has 1 saturated carbocycles. The number of nitrogens with zero attached hydrogens (tertiary/aromatic N) is 1. The highest BCUT2D eigenvalue weighted by Crippen LogP contribution is 2.29. The van der Waals surface area contributed by atoms with Gasteiger partial charge < -0.3 is 5.11 Å². The number of hydrogen-bond acceptors (Lipinski definition) is 5. The highest BCUT2D eigenvalue weighted by molar-refractivity contribution is 7.09. The second-order valence-corrected chi connectivity index (χ2v) is 8.47. The van der Waals surface area contributed by atoms with E-state index < -0.39 is 5.97 Å². The van der Waals surface area contributed by atoms with Gasteiger partial charge in [-0.3, -0.25) is 14.4 Å². The monoisotopic (exact) mass is 399 g/mol. The summed E-state index contributed by atoms with van der Waals surface area (Å²) in [6.07, 6.45) is 4.93. The Morgan fingerprint density at radius 2 is 1.93 bits per heavy atom. The van der Waals surface area contributed by atoms with E-state index in [1.807, 2.05) is 30.5 Å². The molecule has 1 aromatic carbocycles. The van der Waals surface area contributed by atoms with Crippen molar-refractivity contribution >= 4 is 28.9 Å². The highest BCUT2D eigenvalue weighted by atomic mass is 32.1. The molecule has 6 heteroatoms. The maximum Gasteiger partial charge on any atom is 0.303 e. The van der Waals surface area contributed by atoms with E-state index in [-0.39, 0.29) is 36.7 Å². The molecule has 148 valence electrons. The molecule has 2 aromatic rings. The summed E-state index contributed by atoms with van der Waals surface area (Å²) in [6, 6.07) is 5.76. The van der Waals surface area contributed by atoms with Crippen molar-refractivity contribution < 1.29 is 19.5 Å². The topological polar surface area (TPSA) is 84.3 Å². The smallest absolute Gasteiger partial charge is 0.303 e. The van der Waals surface area contributed by atoms with Crippen LogP contribution in [0.5, 0.6) is 0 Å². The summed E-state index contributed by atoms with van der Waals surface area (Å²) in [5.41, 5.74) is 3.24. The Hall–Kier alpha value is -2.34. The van der Waals surface area contributed by atoms with Gasteiger partial charge in [-0.25, -0.2) is 4.98 Å². The zero-order valence-corrected chi connectivity index (χ0v) is 16.9. The average molecular weight is 400 g/mol. The number of carbonyl (C=O) groups is 3. The number of aromatic nitrogens is 1. The lowest BCUT2D eigenvalue weighted by molar-refractivity contribution is -0.137. The van der Waals surface area contributed by atoms with E-state index in [0.717, 1.165) is 36.8 Å². The van der Waals surface area contributed by atoms with E-state index >= 15 is 0 Å². The first-order valence-electron chi connectivity index (χ1n) is 9.73. The predicted molar refractivity (Wildman–Crippen MR) is 108 cm³/mol. The lowest BCUT2D eigenvalue weighted by Gasteiger charge is -2.13. The number of ketones is 2. The summed E-state index contributed by atoms with van der Waals surface area (Å²) in [5.74, 6) is -0.575. The van der Waals surface area contributed by atoms with E-state index in [9.17, 15) is 14.4 Å². The third kappa shape index (κ3) is 5.35. The Balaban J connectivity index is 1.67. The Bertz CT molecular complexity index is 880. The quantitative estimate of drug-likeness (QED) is 0.639. The Labute approximate surface area is 168 Å². The van der Waals surface area contributed by atoms with Crippen LogP contribution in [0.3, 0.4) is 0 Å². The number of aliphatic carboxylic acids is 1. The molecule has 0 unspecified atom stereocenters. The molecule has 1 N–H and O–H groups in total. The van der Waals surface area contributed by atoms with Crippen molar-refractivity contribution in [3.05, 3.63) is 51.0 Å². The van der Waals surface area contributed by atoms with Gasteiger partial charge in [-0.1, -0.05) is 30.5 Å². The Morgan fingerprint density at radius 1 is 1.18 bits per heavy atom. The van der Waals surface area contributed by atoms with Crippen molar-refractivity contribution in [1.82, 2.24) is 4.98 Å². The summed E-state index contributed by atoms with van der Waals surface area (Å²) >= 11 is 1.38. The minimum Gasteiger partial charge on any atom is -0.481 e. The molecule has 1 heterocycles. The van der Waals surface area contributed by atoms with Gasteiger partial charge in [0.15, 0.2) is 5.78 Å². The average Bonchev–Trinajstić information content (AvgIpc) is 3.33. The molecule has 0 aliphatic heterocycles. The molecule has 0 radical (unpaired) electrons. The van der Waals surface area contributed by atoms with Gasteiger partial charge in [0.2, 0.25) is 0 Å². The third-order valence-electron chi connectivity index (χ3n) is 5.19. The Morgan fingerprint density at radius 3 is 2.64 bits per heavy atom. The number of benzene rings is 1. The van der Waals surface area contributed by atoms with Crippen molar-refractivity contribution in [3.8, 4) is 0 Å². The van der Waals surface area contributed by atoms with E-state index in [0.29, 0.717) is 22.7 Å². The van der Waals surface area contributed by atoms with E-state index in [4.69, 9.17) is 5.11 Å². The molecule has 1 aliphatic carbocycles. The van der Waals surface area contributed by atoms with Crippen molar-refractivity contribution in [3.63, 3.8) is 0 Å². The van der Waals surface area contributed by atoms with Gasteiger partial charge in [0.25, 0.3) is 0 Å². The van der Waals surface area contributed by atoms with E-state index in [1.54, 1.807) is 0 Å². The minimum absolute atomic E-state index is 0.0171. The number of thiazole rings is 1. The van der Waals surface area contributed by atoms with Crippen molar-refractivity contribution in [2.75, 3.05) is 0 Å². The van der Waals surface area contributed by atoms with Crippen LogP contribution in [0.15, 0.2) is 23.6 Å². The third-order valence-corrected chi connectivity index (χ3v) is 6.08. The summed E-state index contributed by atoms with van der Waals surface area (Å²) in [4.78, 5) is 40.5. The van der Waals surface area contributed by atoms with E-state index in [2.05, 4.69) is 4.98 Å². The summed E-state index contributed by atoms with van der Waals surface area (Å²) < 4.78 is 0. The van der Waals surface area contributed by atoms with Crippen molar-refractivity contribution in [1.29, 1.82) is 0 Å². The number of Topliss-reactive ketones (excluding diaryl/α,β-unsaturated/α-hetero) is 2. The van der Waals surface area contributed by atoms with Gasteiger partial charge in [0, 0.05) is 29.7 Å². The van der Waals surface area contributed by atoms with Gasteiger partial charge in [-0.05, 0) is 31.4 Å². The van der Waals surface area contributed by atoms with Crippen LogP contribution in [-0.2, 0) is 28.9 Å². The molecule has 1 aliphatic rings. The first kappa shape index (κ1) is 20.4. The number of carbonyl (C=O) groups excluding carboxylic acids is 2. The van der Waals surface area contributed by atoms with Crippen LogP contribution in [0.2, 0.25) is 0 Å². The minimum atomic E-state index is -0.857. The molecule has 5 nitrogen and oxygen atoms in total. The summed E-state index contributed by atoms with van der Waals surface area (Å²) in [5, 5.41) is 11.3. The van der Waals surface area contributed by atoms with Gasteiger partial charge in [-0.15, -0.1) is 11.3 Å². The molecule has 3 rings (SSSR count). The number of carboxylic acids is 1. The molecule has 0 saturated heterocycles. The van der Waals surface area contributed by atoms with E-state index in [1.165, 1.54) is 11.3 Å². The fourth-order valence-corrected chi connectivity index (χ4v) is 4.56. The number of aryl methyl sites for hydroxylation is 2. The first-order chi connectivity index (χ1) is 13.4. The fourth-order valence-electron chi connectivity index (χ4n) is 3.71. The number of carboxylic acid groups (broad SMARTS) is 1. The molecule has 0 spiro atoms. The highest BCUT2D eigenvalue weighted by Gasteiger charge is 2.26. The molecule has 28 heavy (non-hydrogen) atoms. The lowest BCUT2D eigenvalue weighted by atomic mass is 9.90. The first-order valence-corrected chi connectivity index (χ1v) is 10.6. The zero-order chi connectivity index (χ0) is 20.1. The maximum atomic E-state index is 12.9. The number of rotatable bonds is 9. The molecular weight excluding hydrogens is 374 g/mol. The predicted octanol–water partition coefficient (Wildman–Crippen LogP) is 4.20. The molecule has 0 bridgehead atoms. The Kier molecular flexibility index (Phi) is 6.73. The summed E-state index contributed by atoms with van der Waals surface area (Å²) in [7, 11) is 0. The van der Waals surface area contributed by atoms with Gasteiger partial charge >= 0.3 is 5.97 Å². The van der Waals surface area contributed by atoms with Gasteiger partial charge in [0.1, 0.15) is 10.8 Å². The van der Waals surface area contributed by atoms with Crippen LogP contribution >= 0.6 is 11.3 Å². The second-order valence-electron chi connectivity index (χ2n) is 7.52. The van der Waals surface area contributed by atoms with Gasteiger partial charge in [0.05, 0.1) is 18.5 Å². The van der Waals surface area contributed by atoms with Gasteiger partial charge in [-0.2, -0.15) is 0 Å². The lowest BCUT2D eigenvalue weighted by Crippen LogP contribution is -2.16. The van der Waals surface area contributed by atoms with Crippen LogP contribution in [0.4, 0.5) is 0 Å². The van der Waals surface area contributed by atoms with Crippen molar-refractivity contribution in [2.24, 2.45) is 5.92 Å². The van der Waals surface area contributed by atoms with Crippen LogP contribution in [0, 0.1) is 12.8 Å². The molecule has 1 fully saturated rings. The van der Waals surface area contributed by atoms with Crippen LogP contribution in [0.1, 0.15) is 64.3 Å². The SMILES string of the molecule is Cc1ccc(CC(=O)Cc2nc(CCC(=O)O)cs2)c(C(=O)C2CCCC2)c1. The van der Waals surface area contributed by atoms with Crippen molar-refractivity contribution in [2.45, 2.75) is 58.3 Å². The van der Waals surface area contributed by atoms with Crippen LogP contribution in [0.25, 0.3) is 0 Å².